The quantitative estimate of drug-likeness (QED) is 0.745. The first-order chi connectivity index (χ1) is 12.8. The molecule has 1 unspecified atom stereocenters. The Kier molecular flexibility index (Phi) is 6.67. The number of para-hydroxylation sites is 1. The fraction of sp³-hybridized carbons (Fsp3) is 0.409. The van der Waals surface area contributed by atoms with Crippen molar-refractivity contribution in [2.24, 2.45) is 0 Å². The number of rotatable bonds is 7. The van der Waals surface area contributed by atoms with Gasteiger partial charge in [-0.3, -0.25) is 4.79 Å². The predicted octanol–water partition coefficient (Wildman–Crippen LogP) is 4.30. The van der Waals surface area contributed by atoms with Crippen molar-refractivity contribution < 1.29 is 14.3 Å². The summed E-state index contributed by atoms with van der Waals surface area (Å²) < 4.78 is 11.6. The molecule has 0 spiro atoms. The summed E-state index contributed by atoms with van der Waals surface area (Å²) in [7, 11) is 0. The summed E-state index contributed by atoms with van der Waals surface area (Å²) >= 11 is 0. The Morgan fingerprint density at radius 2 is 1.88 bits per heavy atom. The topological polar surface area (TPSA) is 38.8 Å². The van der Waals surface area contributed by atoms with Gasteiger partial charge in [0.2, 0.25) is 0 Å². The van der Waals surface area contributed by atoms with Gasteiger partial charge in [-0.2, -0.15) is 0 Å². The highest BCUT2D eigenvalue weighted by atomic mass is 16.5. The van der Waals surface area contributed by atoms with Crippen LogP contribution in [0.4, 0.5) is 0 Å². The lowest BCUT2D eigenvalue weighted by molar-refractivity contribution is 0.00211. The molecular weight excluding hydrogens is 326 g/mol. The summed E-state index contributed by atoms with van der Waals surface area (Å²) in [5.74, 6) is 0.935. The van der Waals surface area contributed by atoms with Crippen molar-refractivity contribution in [2.75, 3.05) is 19.7 Å². The molecule has 2 aromatic rings. The molecule has 3 rings (SSSR count). The zero-order valence-electron chi connectivity index (χ0n) is 15.4. The molecule has 1 aliphatic heterocycles. The van der Waals surface area contributed by atoms with Crippen molar-refractivity contribution in [1.29, 1.82) is 0 Å². The lowest BCUT2D eigenvalue weighted by Crippen LogP contribution is -2.43. The Balaban J connectivity index is 1.54. The molecule has 0 saturated carbocycles. The smallest absolute Gasteiger partial charge is 0.253 e. The van der Waals surface area contributed by atoms with Crippen LogP contribution >= 0.6 is 0 Å². The van der Waals surface area contributed by atoms with Crippen LogP contribution in [0, 0.1) is 0 Å². The van der Waals surface area contributed by atoms with Gasteiger partial charge < -0.3 is 14.4 Å². The number of piperidine rings is 1. The molecule has 0 bridgehead atoms. The van der Waals surface area contributed by atoms with Gasteiger partial charge in [0.25, 0.3) is 5.91 Å². The molecule has 26 heavy (non-hydrogen) atoms. The Hall–Kier alpha value is -2.33. The molecule has 1 fully saturated rings. The van der Waals surface area contributed by atoms with E-state index in [0.29, 0.717) is 13.2 Å². The van der Waals surface area contributed by atoms with E-state index < -0.39 is 0 Å². The van der Waals surface area contributed by atoms with E-state index in [4.69, 9.17) is 9.47 Å². The molecule has 1 saturated heterocycles. The number of nitrogens with zero attached hydrogens (tertiary/aromatic N) is 1. The molecule has 4 heteroatoms. The van der Waals surface area contributed by atoms with Crippen molar-refractivity contribution in [1.82, 2.24) is 4.90 Å². The number of amides is 1. The van der Waals surface area contributed by atoms with Crippen molar-refractivity contribution in [2.45, 2.75) is 38.9 Å². The lowest BCUT2D eigenvalue weighted by Gasteiger charge is -2.32. The number of carbonyl (C=O) groups excluding carboxylic acids is 1. The first kappa shape index (κ1) is 18.5. The second-order valence-electron chi connectivity index (χ2n) is 6.68. The second-order valence-corrected chi connectivity index (χ2v) is 6.68. The minimum absolute atomic E-state index is 0.0883. The molecule has 0 aromatic heterocycles. The molecule has 1 heterocycles. The molecule has 4 nitrogen and oxygen atoms in total. The molecule has 0 radical (unpaired) electrons. The van der Waals surface area contributed by atoms with Gasteiger partial charge in [-0.25, -0.2) is 0 Å². The third-order valence-corrected chi connectivity index (χ3v) is 4.57. The molecule has 1 amide bonds. The standard InChI is InChI=1S/C22H27NO3/c1-2-15-25-21-9-6-14-23(16-21)22(24)19-12-10-18(11-13-19)17-26-20-7-4-3-5-8-20/h3-5,7-8,10-13,21H,2,6,9,14-17H2,1H3. The predicted molar refractivity (Wildman–Crippen MR) is 102 cm³/mol. The number of hydrogen-bond acceptors (Lipinski definition) is 3. The van der Waals surface area contributed by atoms with Gasteiger partial charge in [0, 0.05) is 25.3 Å². The number of hydrogen-bond donors (Lipinski definition) is 0. The molecule has 1 atom stereocenters. The fourth-order valence-corrected chi connectivity index (χ4v) is 3.15. The van der Waals surface area contributed by atoms with E-state index in [1.54, 1.807) is 0 Å². The summed E-state index contributed by atoms with van der Waals surface area (Å²) in [6.45, 7) is 4.87. The fourth-order valence-electron chi connectivity index (χ4n) is 3.15. The van der Waals surface area contributed by atoms with Gasteiger partial charge in [-0.05, 0) is 49.1 Å². The maximum Gasteiger partial charge on any atom is 0.253 e. The van der Waals surface area contributed by atoms with Crippen LogP contribution in [0.25, 0.3) is 0 Å². The van der Waals surface area contributed by atoms with Crippen molar-refractivity contribution in [3.05, 3.63) is 65.7 Å². The van der Waals surface area contributed by atoms with E-state index in [9.17, 15) is 4.79 Å². The van der Waals surface area contributed by atoms with E-state index in [2.05, 4.69) is 6.92 Å². The molecule has 0 aliphatic carbocycles. The monoisotopic (exact) mass is 353 g/mol. The Labute approximate surface area is 155 Å². The first-order valence-electron chi connectivity index (χ1n) is 9.44. The molecule has 138 valence electrons. The number of benzene rings is 2. The minimum atomic E-state index is 0.0883. The van der Waals surface area contributed by atoms with Crippen LogP contribution in [-0.4, -0.2) is 36.6 Å². The maximum absolute atomic E-state index is 12.7. The number of likely N-dealkylation sites (tertiary alicyclic amines) is 1. The Morgan fingerprint density at radius 3 is 2.62 bits per heavy atom. The van der Waals surface area contributed by atoms with Crippen molar-refractivity contribution in [3.63, 3.8) is 0 Å². The molecular formula is C22H27NO3. The van der Waals surface area contributed by atoms with Crippen LogP contribution in [0.3, 0.4) is 0 Å². The summed E-state index contributed by atoms with van der Waals surface area (Å²) in [5, 5.41) is 0. The molecule has 1 aliphatic rings. The van der Waals surface area contributed by atoms with Crippen LogP contribution < -0.4 is 4.74 Å². The highest BCUT2D eigenvalue weighted by Crippen LogP contribution is 2.17. The zero-order valence-corrected chi connectivity index (χ0v) is 15.4. The van der Waals surface area contributed by atoms with Gasteiger partial charge in [0.15, 0.2) is 0 Å². The van der Waals surface area contributed by atoms with E-state index >= 15 is 0 Å². The van der Waals surface area contributed by atoms with Crippen LogP contribution in [-0.2, 0) is 11.3 Å². The highest BCUT2D eigenvalue weighted by Gasteiger charge is 2.24. The average Bonchev–Trinajstić information content (AvgIpc) is 2.71. The van der Waals surface area contributed by atoms with Crippen LogP contribution in [0.5, 0.6) is 5.75 Å². The zero-order chi connectivity index (χ0) is 18.2. The van der Waals surface area contributed by atoms with Gasteiger partial charge in [0.1, 0.15) is 12.4 Å². The van der Waals surface area contributed by atoms with E-state index in [-0.39, 0.29) is 12.0 Å². The first-order valence-corrected chi connectivity index (χ1v) is 9.44. The maximum atomic E-state index is 12.7. The van der Waals surface area contributed by atoms with Crippen LogP contribution in [0.2, 0.25) is 0 Å². The van der Waals surface area contributed by atoms with E-state index in [1.807, 2.05) is 59.5 Å². The molecule has 0 N–H and O–H groups in total. The van der Waals surface area contributed by atoms with Crippen molar-refractivity contribution >= 4 is 5.91 Å². The Morgan fingerprint density at radius 1 is 1.12 bits per heavy atom. The SMILES string of the molecule is CCCOC1CCCN(C(=O)c2ccc(COc3ccccc3)cc2)C1. The van der Waals surface area contributed by atoms with Gasteiger partial charge in [0.05, 0.1) is 6.10 Å². The van der Waals surface area contributed by atoms with Crippen LogP contribution in [0.1, 0.15) is 42.1 Å². The van der Waals surface area contributed by atoms with Crippen molar-refractivity contribution in [3.8, 4) is 5.75 Å². The normalized spacial score (nSPS) is 17.1. The van der Waals surface area contributed by atoms with Crippen LogP contribution in [0.15, 0.2) is 54.6 Å². The summed E-state index contributed by atoms with van der Waals surface area (Å²) in [6, 6.07) is 17.4. The minimum Gasteiger partial charge on any atom is -0.489 e. The third-order valence-electron chi connectivity index (χ3n) is 4.57. The summed E-state index contributed by atoms with van der Waals surface area (Å²) in [6.07, 6.45) is 3.23. The van der Waals surface area contributed by atoms with E-state index in [1.165, 1.54) is 0 Å². The molecule has 2 aromatic carbocycles. The van der Waals surface area contributed by atoms with E-state index in [0.717, 1.165) is 49.3 Å². The second kappa shape index (κ2) is 9.39. The Bertz CT molecular complexity index is 684. The summed E-state index contributed by atoms with van der Waals surface area (Å²) in [4.78, 5) is 14.7. The lowest BCUT2D eigenvalue weighted by atomic mass is 10.1. The third kappa shape index (κ3) is 5.09. The average molecular weight is 353 g/mol. The summed E-state index contributed by atoms with van der Waals surface area (Å²) in [5.41, 5.74) is 1.78. The largest absolute Gasteiger partial charge is 0.489 e. The highest BCUT2D eigenvalue weighted by molar-refractivity contribution is 5.94. The van der Waals surface area contributed by atoms with Gasteiger partial charge in [-0.15, -0.1) is 0 Å². The number of carbonyl (C=O) groups is 1. The number of ether oxygens (including phenoxy) is 2. The van der Waals surface area contributed by atoms with Gasteiger partial charge in [-0.1, -0.05) is 37.3 Å². The van der Waals surface area contributed by atoms with Gasteiger partial charge >= 0.3 is 0 Å².